The van der Waals surface area contributed by atoms with Gasteiger partial charge in [0.15, 0.2) is 5.76 Å². The molecular formula is C15H19NO4. The van der Waals surface area contributed by atoms with Crippen LogP contribution in [0.3, 0.4) is 0 Å². The number of furan rings is 1. The molecule has 1 amide bonds. The second-order valence-corrected chi connectivity index (χ2v) is 4.88. The SMILES string of the molecule is C=CC(=O)OC(C(=O)NC1CCCCC1)c1ccco1. The van der Waals surface area contributed by atoms with Gasteiger partial charge in [-0.2, -0.15) is 0 Å². The van der Waals surface area contributed by atoms with Crippen LogP contribution in [0.1, 0.15) is 44.0 Å². The van der Waals surface area contributed by atoms with Gasteiger partial charge in [-0.3, -0.25) is 4.79 Å². The van der Waals surface area contributed by atoms with Crippen LogP contribution in [-0.2, 0) is 14.3 Å². The molecule has 1 N–H and O–H groups in total. The molecule has 5 heteroatoms. The maximum Gasteiger partial charge on any atom is 0.331 e. The molecule has 1 saturated carbocycles. The van der Waals surface area contributed by atoms with Crippen LogP contribution in [0.25, 0.3) is 0 Å². The Kier molecular flexibility index (Phi) is 4.98. The summed E-state index contributed by atoms with van der Waals surface area (Å²) in [6.45, 7) is 3.33. The number of nitrogens with one attached hydrogen (secondary N) is 1. The molecule has 1 fully saturated rings. The van der Waals surface area contributed by atoms with Gasteiger partial charge < -0.3 is 14.5 Å². The third-order valence-electron chi connectivity index (χ3n) is 3.39. The molecule has 0 aromatic carbocycles. The normalized spacial score (nSPS) is 17.2. The number of hydrogen-bond acceptors (Lipinski definition) is 4. The summed E-state index contributed by atoms with van der Waals surface area (Å²) < 4.78 is 10.3. The Bertz CT molecular complexity index is 460. The van der Waals surface area contributed by atoms with Crippen molar-refractivity contribution in [2.24, 2.45) is 0 Å². The number of carbonyl (C=O) groups excluding carboxylic acids is 2. The van der Waals surface area contributed by atoms with Crippen LogP contribution in [0.2, 0.25) is 0 Å². The summed E-state index contributed by atoms with van der Waals surface area (Å²) in [6.07, 6.45) is 6.78. The molecule has 1 aliphatic carbocycles. The van der Waals surface area contributed by atoms with E-state index < -0.39 is 12.1 Å². The lowest BCUT2D eigenvalue weighted by atomic mass is 9.95. The quantitative estimate of drug-likeness (QED) is 0.663. The van der Waals surface area contributed by atoms with Gasteiger partial charge in [0.25, 0.3) is 5.91 Å². The van der Waals surface area contributed by atoms with E-state index in [1.807, 2.05) is 0 Å². The Labute approximate surface area is 118 Å². The number of rotatable bonds is 5. The number of ether oxygens (including phenoxy) is 1. The van der Waals surface area contributed by atoms with E-state index >= 15 is 0 Å². The van der Waals surface area contributed by atoms with Crippen LogP contribution >= 0.6 is 0 Å². The van der Waals surface area contributed by atoms with Gasteiger partial charge in [-0.1, -0.05) is 25.8 Å². The van der Waals surface area contributed by atoms with Crippen molar-refractivity contribution in [3.8, 4) is 0 Å². The van der Waals surface area contributed by atoms with Crippen LogP contribution in [0, 0.1) is 0 Å². The summed E-state index contributed by atoms with van der Waals surface area (Å²) in [5.74, 6) is -0.680. The number of amides is 1. The van der Waals surface area contributed by atoms with Crippen LogP contribution in [-0.4, -0.2) is 17.9 Å². The maximum atomic E-state index is 12.3. The highest BCUT2D eigenvalue weighted by Gasteiger charge is 2.29. The van der Waals surface area contributed by atoms with Crippen molar-refractivity contribution in [1.82, 2.24) is 5.32 Å². The number of esters is 1. The van der Waals surface area contributed by atoms with Gasteiger partial charge in [0.2, 0.25) is 6.10 Å². The third-order valence-corrected chi connectivity index (χ3v) is 3.39. The molecular weight excluding hydrogens is 258 g/mol. The molecule has 1 aromatic heterocycles. The topological polar surface area (TPSA) is 68.5 Å². The number of hydrogen-bond donors (Lipinski definition) is 1. The van der Waals surface area contributed by atoms with Gasteiger partial charge in [-0.15, -0.1) is 0 Å². The Morgan fingerprint density at radius 1 is 1.40 bits per heavy atom. The zero-order chi connectivity index (χ0) is 14.4. The predicted octanol–water partition coefficient (Wildman–Crippen LogP) is 2.50. The van der Waals surface area contributed by atoms with E-state index in [0.717, 1.165) is 31.8 Å². The molecule has 1 heterocycles. The van der Waals surface area contributed by atoms with Crippen molar-refractivity contribution in [1.29, 1.82) is 0 Å². The summed E-state index contributed by atoms with van der Waals surface area (Å²) in [5, 5.41) is 2.93. The summed E-state index contributed by atoms with van der Waals surface area (Å²) in [5.41, 5.74) is 0. The maximum absolute atomic E-state index is 12.3. The molecule has 1 aliphatic rings. The highest BCUT2D eigenvalue weighted by atomic mass is 16.6. The summed E-state index contributed by atoms with van der Waals surface area (Å²) in [6, 6.07) is 3.41. The Morgan fingerprint density at radius 2 is 2.15 bits per heavy atom. The minimum Gasteiger partial charge on any atom is -0.465 e. The van der Waals surface area contributed by atoms with Gasteiger partial charge in [0.05, 0.1) is 6.26 Å². The standard InChI is InChI=1S/C15H19NO4/c1-2-13(17)20-14(12-9-6-10-19-12)15(18)16-11-7-4-3-5-8-11/h2,6,9-11,14H,1,3-5,7-8H2,(H,16,18). The van der Waals surface area contributed by atoms with Crippen molar-refractivity contribution >= 4 is 11.9 Å². The van der Waals surface area contributed by atoms with E-state index in [9.17, 15) is 9.59 Å². The smallest absolute Gasteiger partial charge is 0.331 e. The first-order valence-electron chi connectivity index (χ1n) is 6.87. The molecule has 1 aromatic rings. The fourth-order valence-corrected chi connectivity index (χ4v) is 2.37. The molecule has 0 saturated heterocycles. The molecule has 1 unspecified atom stereocenters. The molecule has 1 atom stereocenters. The minimum atomic E-state index is -1.06. The van der Waals surface area contributed by atoms with E-state index in [1.165, 1.54) is 12.7 Å². The lowest BCUT2D eigenvalue weighted by Gasteiger charge is -2.24. The molecule has 5 nitrogen and oxygen atoms in total. The van der Waals surface area contributed by atoms with Gasteiger partial charge >= 0.3 is 5.97 Å². The van der Waals surface area contributed by atoms with E-state index in [1.54, 1.807) is 12.1 Å². The first-order valence-corrected chi connectivity index (χ1v) is 6.87. The van der Waals surface area contributed by atoms with Crippen LogP contribution in [0.15, 0.2) is 35.5 Å². The van der Waals surface area contributed by atoms with Gasteiger partial charge in [-0.25, -0.2) is 4.79 Å². The highest BCUT2D eigenvalue weighted by molar-refractivity contribution is 5.87. The van der Waals surface area contributed by atoms with Crippen LogP contribution in [0.4, 0.5) is 0 Å². The molecule has 0 radical (unpaired) electrons. The molecule has 0 bridgehead atoms. The molecule has 0 spiro atoms. The number of carbonyl (C=O) groups is 2. The summed E-state index contributed by atoms with van der Waals surface area (Å²) >= 11 is 0. The summed E-state index contributed by atoms with van der Waals surface area (Å²) in [7, 11) is 0. The largest absolute Gasteiger partial charge is 0.465 e. The van der Waals surface area contributed by atoms with E-state index in [2.05, 4.69) is 11.9 Å². The molecule has 2 rings (SSSR count). The molecule has 20 heavy (non-hydrogen) atoms. The van der Waals surface area contributed by atoms with E-state index in [4.69, 9.17) is 9.15 Å². The Morgan fingerprint density at radius 3 is 2.75 bits per heavy atom. The first kappa shape index (κ1) is 14.4. The van der Waals surface area contributed by atoms with Crippen LogP contribution < -0.4 is 5.32 Å². The lowest BCUT2D eigenvalue weighted by Crippen LogP contribution is -2.40. The second-order valence-electron chi connectivity index (χ2n) is 4.88. The van der Waals surface area contributed by atoms with Crippen molar-refractivity contribution < 1.29 is 18.7 Å². The minimum absolute atomic E-state index is 0.149. The average molecular weight is 277 g/mol. The van der Waals surface area contributed by atoms with Gasteiger partial charge in [-0.05, 0) is 25.0 Å². The summed E-state index contributed by atoms with van der Waals surface area (Å²) in [4.78, 5) is 23.6. The Hall–Kier alpha value is -2.04. The Balaban J connectivity index is 2.03. The van der Waals surface area contributed by atoms with Crippen molar-refractivity contribution in [2.45, 2.75) is 44.2 Å². The highest BCUT2D eigenvalue weighted by Crippen LogP contribution is 2.22. The van der Waals surface area contributed by atoms with Gasteiger partial charge in [0, 0.05) is 12.1 Å². The monoisotopic (exact) mass is 277 g/mol. The zero-order valence-corrected chi connectivity index (χ0v) is 11.3. The van der Waals surface area contributed by atoms with E-state index in [0.29, 0.717) is 5.76 Å². The fraction of sp³-hybridized carbons (Fsp3) is 0.467. The molecule has 108 valence electrons. The lowest BCUT2D eigenvalue weighted by molar-refractivity contribution is -0.153. The van der Waals surface area contributed by atoms with E-state index in [-0.39, 0.29) is 11.9 Å². The fourth-order valence-electron chi connectivity index (χ4n) is 2.37. The second kappa shape index (κ2) is 6.93. The average Bonchev–Trinajstić information content (AvgIpc) is 2.99. The predicted molar refractivity (Wildman–Crippen MR) is 72.8 cm³/mol. The van der Waals surface area contributed by atoms with Crippen LogP contribution in [0.5, 0.6) is 0 Å². The zero-order valence-electron chi connectivity index (χ0n) is 11.3. The van der Waals surface area contributed by atoms with Crippen molar-refractivity contribution in [3.05, 3.63) is 36.8 Å². The van der Waals surface area contributed by atoms with Gasteiger partial charge in [0.1, 0.15) is 0 Å². The third kappa shape index (κ3) is 3.73. The molecule has 0 aliphatic heterocycles. The van der Waals surface area contributed by atoms with Crippen molar-refractivity contribution in [2.75, 3.05) is 0 Å². The van der Waals surface area contributed by atoms with Crippen molar-refractivity contribution in [3.63, 3.8) is 0 Å². The first-order chi connectivity index (χ1) is 9.70.